The normalized spacial score (nSPS) is 10.5. The molecule has 1 aromatic heterocycles. The Morgan fingerprint density at radius 3 is 2.38 bits per heavy atom. The first-order chi connectivity index (χ1) is 13.9. The Labute approximate surface area is 176 Å². The van der Waals surface area contributed by atoms with E-state index in [0.717, 1.165) is 5.56 Å². The summed E-state index contributed by atoms with van der Waals surface area (Å²) >= 11 is 7.44. The van der Waals surface area contributed by atoms with Gasteiger partial charge in [-0.3, -0.25) is 4.79 Å². The van der Waals surface area contributed by atoms with Gasteiger partial charge in [-0.25, -0.2) is 4.98 Å². The van der Waals surface area contributed by atoms with Crippen LogP contribution in [0.1, 0.15) is 4.88 Å². The average Bonchev–Trinajstić information content (AvgIpc) is 3.08. The lowest BCUT2D eigenvalue weighted by molar-refractivity contribution is -0.136. The molecule has 0 unspecified atom stereocenters. The summed E-state index contributed by atoms with van der Waals surface area (Å²) in [5.74, 6) is 0.747. The number of nitrogens with one attached hydrogen (secondary N) is 1. The summed E-state index contributed by atoms with van der Waals surface area (Å²) < 4.78 is 15.8. The van der Waals surface area contributed by atoms with Gasteiger partial charge in [0.05, 0.1) is 38.5 Å². The van der Waals surface area contributed by atoms with Crippen LogP contribution in [0.3, 0.4) is 0 Å². The van der Waals surface area contributed by atoms with E-state index in [-0.39, 0.29) is 6.42 Å². The summed E-state index contributed by atoms with van der Waals surface area (Å²) in [7, 11) is 4.64. The molecule has 0 saturated heterocycles. The van der Waals surface area contributed by atoms with Crippen LogP contribution >= 0.6 is 22.9 Å². The Balaban J connectivity index is 1.98. The second kappa shape index (κ2) is 9.02. The number of ether oxygens (including phenoxy) is 3. The highest BCUT2D eigenvalue weighted by Gasteiger charge is 2.18. The van der Waals surface area contributed by atoms with E-state index in [9.17, 15) is 9.90 Å². The quantitative estimate of drug-likeness (QED) is 0.523. The van der Waals surface area contributed by atoms with Crippen LogP contribution in [-0.2, 0) is 11.2 Å². The van der Waals surface area contributed by atoms with Gasteiger partial charge in [-0.1, -0.05) is 11.6 Å². The summed E-state index contributed by atoms with van der Waals surface area (Å²) in [6.07, 6.45) is -0.146. The number of benzene rings is 2. The highest BCUT2D eigenvalue weighted by Crippen LogP contribution is 2.38. The van der Waals surface area contributed by atoms with Gasteiger partial charge >= 0.3 is 5.97 Å². The molecule has 3 aromatic rings. The lowest BCUT2D eigenvalue weighted by Gasteiger charge is -2.09. The molecule has 1 heterocycles. The fourth-order valence-electron chi connectivity index (χ4n) is 2.74. The Bertz CT molecular complexity index is 1040. The average molecular weight is 435 g/mol. The number of methoxy groups -OCH3 is 3. The molecule has 0 amide bonds. The minimum absolute atomic E-state index is 0.146. The molecule has 152 valence electrons. The van der Waals surface area contributed by atoms with Crippen molar-refractivity contribution in [1.29, 1.82) is 0 Å². The number of hydrogen-bond donors (Lipinski definition) is 2. The van der Waals surface area contributed by atoms with Crippen molar-refractivity contribution in [1.82, 2.24) is 4.98 Å². The Kier molecular flexibility index (Phi) is 6.46. The van der Waals surface area contributed by atoms with Gasteiger partial charge in [0.15, 0.2) is 16.6 Å². The van der Waals surface area contributed by atoms with E-state index in [2.05, 4.69) is 10.3 Å². The van der Waals surface area contributed by atoms with E-state index in [1.807, 2.05) is 6.07 Å². The highest BCUT2D eigenvalue weighted by atomic mass is 35.5. The summed E-state index contributed by atoms with van der Waals surface area (Å²) in [4.78, 5) is 16.6. The van der Waals surface area contributed by atoms with Crippen molar-refractivity contribution in [3.8, 4) is 28.5 Å². The van der Waals surface area contributed by atoms with E-state index < -0.39 is 5.97 Å². The van der Waals surface area contributed by atoms with E-state index in [1.54, 1.807) is 51.7 Å². The number of aliphatic carboxylic acids is 1. The zero-order valence-electron chi connectivity index (χ0n) is 16.0. The number of aromatic nitrogens is 1. The molecule has 0 aliphatic carbocycles. The smallest absolute Gasteiger partial charge is 0.308 e. The van der Waals surface area contributed by atoms with Crippen molar-refractivity contribution in [2.45, 2.75) is 6.42 Å². The number of carboxylic acids is 1. The predicted octanol–water partition coefficient (Wildman–Crippen LogP) is 4.86. The molecule has 0 aliphatic rings. The van der Waals surface area contributed by atoms with E-state index in [1.165, 1.54) is 11.3 Å². The van der Waals surface area contributed by atoms with Crippen molar-refractivity contribution in [3.05, 3.63) is 46.3 Å². The fourth-order valence-corrected chi connectivity index (χ4v) is 3.99. The third-order valence-corrected chi connectivity index (χ3v) is 5.34. The van der Waals surface area contributed by atoms with Crippen molar-refractivity contribution in [3.63, 3.8) is 0 Å². The first kappa shape index (κ1) is 20.8. The van der Waals surface area contributed by atoms with Crippen LogP contribution in [0.25, 0.3) is 11.3 Å². The first-order valence-electron chi connectivity index (χ1n) is 8.49. The number of rotatable bonds is 8. The van der Waals surface area contributed by atoms with Crippen LogP contribution in [0.2, 0.25) is 5.02 Å². The van der Waals surface area contributed by atoms with E-state index in [4.69, 9.17) is 25.8 Å². The molecule has 3 rings (SSSR count). The third kappa shape index (κ3) is 4.72. The topological polar surface area (TPSA) is 89.9 Å². The highest BCUT2D eigenvalue weighted by molar-refractivity contribution is 7.16. The van der Waals surface area contributed by atoms with E-state index in [0.29, 0.717) is 43.7 Å². The molecule has 0 radical (unpaired) electrons. The minimum atomic E-state index is -0.936. The number of thiazole rings is 1. The lowest BCUT2D eigenvalue weighted by Crippen LogP contribution is -1.99. The Morgan fingerprint density at radius 1 is 1.07 bits per heavy atom. The second-order valence-corrected chi connectivity index (χ2v) is 7.40. The summed E-state index contributed by atoms with van der Waals surface area (Å²) in [6.45, 7) is 0. The van der Waals surface area contributed by atoms with Crippen LogP contribution in [-0.4, -0.2) is 37.4 Å². The van der Waals surface area contributed by atoms with Crippen molar-refractivity contribution >= 4 is 39.7 Å². The Hall–Kier alpha value is -2.97. The van der Waals surface area contributed by atoms with Gasteiger partial charge in [0.2, 0.25) is 0 Å². The largest absolute Gasteiger partial charge is 0.495 e. The summed E-state index contributed by atoms with van der Waals surface area (Å²) in [6, 6.07) is 10.6. The van der Waals surface area contributed by atoms with Crippen LogP contribution in [0.15, 0.2) is 36.4 Å². The molecule has 0 bridgehead atoms. The standard InChI is InChI=1S/C20H19ClN2O5S/c1-26-14-7-5-12(9-13(14)21)22-20-23-19(17(29-20)10-18(24)25)11-4-6-15(27-2)16(8-11)28-3/h4-9H,10H2,1-3H3,(H,22,23)(H,24,25). The molecule has 29 heavy (non-hydrogen) atoms. The first-order valence-corrected chi connectivity index (χ1v) is 9.69. The number of carbonyl (C=O) groups is 1. The number of carboxylic acid groups (broad SMARTS) is 1. The van der Waals surface area contributed by atoms with Crippen molar-refractivity contribution in [2.24, 2.45) is 0 Å². The lowest BCUT2D eigenvalue weighted by atomic mass is 10.1. The molecule has 0 atom stereocenters. The van der Waals surface area contributed by atoms with Crippen molar-refractivity contribution < 1.29 is 24.1 Å². The molecule has 2 N–H and O–H groups in total. The van der Waals surface area contributed by atoms with Gasteiger partial charge in [0.1, 0.15) is 5.75 Å². The van der Waals surface area contributed by atoms with Crippen LogP contribution in [0.5, 0.6) is 17.2 Å². The van der Waals surface area contributed by atoms with Crippen LogP contribution < -0.4 is 19.5 Å². The number of nitrogens with zero attached hydrogens (tertiary/aromatic N) is 1. The monoisotopic (exact) mass is 434 g/mol. The Morgan fingerprint density at radius 2 is 1.76 bits per heavy atom. The van der Waals surface area contributed by atoms with Gasteiger partial charge in [0, 0.05) is 16.1 Å². The van der Waals surface area contributed by atoms with Gasteiger partial charge in [0.25, 0.3) is 0 Å². The molecular formula is C20H19ClN2O5S. The maximum absolute atomic E-state index is 11.3. The fraction of sp³-hybridized carbons (Fsp3) is 0.200. The maximum Gasteiger partial charge on any atom is 0.308 e. The zero-order chi connectivity index (χ0) is 21.0. The van der Waals surface area contributed by atoms with Gasteiger partial charge in [-0.05, 0) is 36.4 Å². The molecule has 9 heteroatoms. The SMILES string of the molecule is COc1ccc(Nc2nc(-c3ccc(OC)c(OC)c3)c(CC(=O)O)s2)cc1Cl. The summed E-state index contributed by atoms with van der Waals surface area (Å²) in [5.41, 5.74) is 2.02. The maximum atomic E-state index is 11.3. The molecule has 0 saturated carbocycles. The van der Waals surface area contributed by atoms with Crippen LogP contribution in [0, 0.1) is 0 Å². The van der Waals surface area contributed by atoms with Gasteiger partial charge < -0.3 is 24.6 Å². The molecule has 2 aromatic carbocycles. The van der Waals surface area contributed by atoms with Gasteiger partial charge in [-0.2, -0.15) is 0 Å². The number of anilines is 2. The summed E-state index contributed by atoms with van der Waals surface area (Å²) in [5, 5.41) is 13.5. The molecule has 7 nitrogen and oxygen atoms in total. The molecule has 0 spiro atoms. The zero-order valence-corrected chi connectivity index (χ0v) is 17.6. The van der Waals surface area contributed by atoms with E-state index >= 15 is 0 Å². The molecule has 0 aliphatic heterocycles. The third-order valence-electron chi connectivity index (χ3n) is 4.07. The molecular weight excluding hydrogens is 416 g/mol. The number of hydrogen-bond acceptors (Lipinski definition) is 7. The molecule has 0 fully saturated rings. The number of halogens is 1. The van der Waals surface area contributed by atoms with Gasteiger partial charge in [-0.15, -0.1) is 11.3 Å². The van der Waals surface area contributed by atoms with Crippen LogP contribution in [0.4, 0.5) is 10.8 Å². The predicted molar refractivity (Wildman–Crippen MR) is 113 cm³/mol. The minimum Gasteiger partial charge on any atom is -0.495 e. The van der Waals surface area contributed by atoms with Crippen molar-refractivity contribution in [2.75, 3.05) is 26.6 Å². The second-order valence-electron chi connectivity index (χ2n) is 5.91.